The van der Waals surface area contributed by atoms with Crippen molar-refractivity contribution >= 4 is 11.6 Å². The smallest absolute Gasteiger partial charge is 0.125 e. The molecule has 1 N–H and O–H groups in total. The third-order valence-corrected chi connectivity index (χ3v) is 3.35. The number of hydrogen-bond donors (Lipinski definition) is 1. The van der Waals surface area contributed by atoms with Crippen LogP contribution in [0.1, 0.15) is 46.1 Å². The van der Waals surface area contributed by atoms with Crippen LogP contribution >= 0.6 is 11.6 Å². The molecule has 0 spiro atoms. The molecule has 0 bridgehead atoms. The molecule has 0 heterocycles. The number of unbranched alkanes of at least 4 members (excludes halogenated alkanes) is 1. The number of ether oxygens (including phenoxy) is 2. The van der Waals surface area contributed by atoms with E-state index in [9.17, 15) is 0 Å². The first-order valence-electron chi connectivity index (χ1n) is 7.67. The molecule has 0 unspecified atom stereocenters. The van der Waals surface area contributed by atoms with E-state index in [-0.39, 0.29) is 5.54 Å². The normalized spacial score (nSPS) is 11.7. The van der Waals surface area contributed by atoms with Gasteiger partial charge in [-0.05, 0) is 39.3 Å². The molecule has 0 aliphatic carbocycles. The highest BCUT2D eigenvalue weighted by Gasteiger charge is 2.13. The van der Waals surface area contributed by atoms with Crippen LogP contribution < -0.4 is 10.1 Å². The van der Waals surface area contributed by atoms with Crippen molar-refractivity contribution < 1.29 is 9.47 Å². The van der Waals surface area contributed by atoms with Gasteiger partial charge >= 0.3 is 0 Å². The summed E-state index contributed by atoms with van der Waals surface area (Å²) in [7, 11) is 0. The van der Waals surface area contributed by atoms with E-state index in [2.05, 4.69) is 33.0 Å². The first kappa shape index (κ1) is 18.3. The molecule has 0 aliphatic heterocycles. The second-order valence-electron chi connectivity index (χ2n) is 6.13. The van der Waals surface area contributed by atoms with Crippen molar-refractivity contribution in [3.05, 3.63) is 28.8 Å². The lowest BCUT2D eigenvalue weighted by Gasteiger charge is -2.22. The average molecular weight is 314 g/mol. The van der Waals surface area contributed by atoms with Crippen molar-refractivity contribution in [2.45, 2.75) is 52.6 Å². The Kier molecular flexibility index (Phi) is 8.09. The minimum Gasteiger partial charge on any atom is -0.491 e. The Morgan fingerprint density at radius 2 is 1.90 bits per heavy atom. The number of benzene rings is 1. The van der Waals surface area contributed by atoms with Crippen molar-refractivity contribution in [3.63, 3.8) is 0 Å². The lowest BCUT2D eigenvalue weighted by molar-refractivity contribution is 0.0976. The van der Waals surface area contributed by atoms with Gasteiger partial charge in [0.2, 0.25) is 0 Å². The largest absolute Gasteiger partial charge is 0.491 e. The van der Waals surface area contributed by atoms with Gasteiger partial charge in [0.05, 0.1) is 6.61 Å². The predicted octanol–water partition coefficient (Wildman–Crippen LogP) is 4.42. The van der Waals surface area contributed by atoms with E-state index in [0.717, 1.165) is 35.8 Å². The standard InChI is InChI=1S/C17H28ClNO2/c1-5-6-10-20-11-12-21-16-9-7-8-15(18)14(16)13-19-17(2,3)4/h7-9,19H,5-6,10-13H2,1-4H3. The lowest BCUT2D eigenvalue weighted by atomic mass is 10.1. The number of nitrogens with one attached hydrogen (secondary N) is 1. The monoisotopic (exact) mass is 313 g/mol. The summed E-state index contributed by atoms with van der Waals surface area (Å²) in [4.78, 5) is 0. The van der Waals surface area contributed by atoms with Crippen molar-refractivity contribution in [2.75, 3.05) is 19.8 Å². The summed E-state index contributed by atoms with van der Waals surface area (Å²) in [6.07, 6.45) is 2.25. The van der Waals surface area contributed by atoms with E-state index in [1.165, 1.54) is 0 Å². The SMILES string of the molecule is CCCCOCCOc1cccc(Cl)c1CNC(C)(C)C. The summed E-state index contributed by atoms with van der Waals surface area (Å²) >= 11 is 6.29. The maximum absolute atomic E-state index is 6.29. The van der Waals surface area contributed by atoms with Gasteiger partial charge < -0.3 is 14.8 Å². The Labute approximate surface area is 134 Å². The van der Waals surface area contributed by atoms with Gasteiger partial charge in [-0.2, -0.15) is 0 Å². The third-order valence-electron chi connectivity index (χ3n) is 3.00. The zero-order chi connectivity index (χ0) is 15.7. The summed E-state index contributed by atoms with van der Waals surface area (Å²) in [5.74, 6) is 0.832. The molecule has 4 heteroatoms. The predicted molar refractivity (Wildman–Crippen MR) is 89.3 cm³/mol. The molecule has 1 aromatic rings. The molecule has 0 aromatic heterocycles. The Morgan fingerprint density at radius 1 is 1.14 bits per heavy atom. The quantitative estimate of drug-likeness (QED) is 0.684. The van der Waals surface area contributed by atoms with Crippen LogP contribution in [0.3, 0.4) is 0 Å². The fourth-order valence-corrected chi connectivity index (χ4v) is 1.99. The lowest BCUT2D eigenvalue weighted by Crippen LogP contribution is -2.35. The van der Waals surface area contributed by atoms with Gasteiger partial charge in [0, 0.05) is 29.3 Å². The first-order chi connectivity index (χ1) is 9.94. The van der Waals surface area contributed by atoms with Gasteiger partial charge in [-0.15, -0.1) is 0 Å². The van der Waals surface area contributed by atoms with Gasteiger partial charge in [0.25, 0.3) is 0 Å². The molecule has 0 saturated carbocycles. The van der Waals surface area contributed by atoms with Crippen LogP contribution in [0.15, 0.2) is 18.2 Å². The van der Waals surface area contributed by atoms with Crippen LogP contribution in [-0.2, 0) is 11.3 Å². The summed E-state index contributed by atoms with van der Waals surface area (Å²) < 4.78 is 11.3. The molecule has 0 amide bonds. The molecule has 120 valence electrons. The zero-order valence-corrected chi connectivity index (χ0v) is 14.4. The van der Waals surface area contributed by atoms with Gasteiger partial charge in [-0.1, -0.05) is 31.0 Å². The van der Waals surface area contributed by atoms with Crippen LogP contribution in [0.25, 0.3) is 0 Å². The Bertz CT molecular complexity index is 416. The van der Waals surface area contributed by atoms with Crippen molar-refractivity contribution in [1.82, 2.24) is 5.32 Å². The minimum absolute atomic E-state index is 0.0414. The van der Waals surface area contributed by atoms with Crippen molar-refractivity contribution in [2.24, 2.45) is 0 Å². The van der Waals surface area contributed by atoms with Crippen LogP contribution in [-0.4, -0.2) is 25.4 Å². The topological polar surface area (TPSA) is 30.5 Å². The van der Waals surface area contributed by atoms with E-state index >= 15 is 0 Å². The zero-order valence-electron chi connectivity index (χ0n) is 13.7. The summed E-state index contributed by atoms with van der Waals surface area (Å²) in [6.45, 7) is 11.2. The van der Waals surface area contributed by atoms with Crippen LogP contribution in [0, 0.1) is 0 Å². The molecule has 0 atom stereocenters. The van der Waals surface area contributed by atoms with Crippen LogP contribution in [0.2, 0.25) is 5.02 Å². The van der Waals surface area contributed by atoms with Gasteiger partial charge in [-0.25, -0.2) is 0 Å². The highest BCUT2D eigenvalue weighted by Crippen LogP contribution is 2.26. The molecule has 0 aliphatic rings. The molecule has 0 radical (unpaired) electrons. The summed E-state index contributed by atoms with van der Waals surface area (Å²) in [5.41, 5.74) is 1.04. The molecule has 1 rings (SSSR count). The molecule has 0 fully saturated rings. The molecular formula is C17H28ClNO2. The summed E-state index contributed by atoms with van der Waals surface area (Å²) in [5, 5.41) is 4.17. The number of hydrogen-bond acceptors (Lipinski definition) is 3. The van der Waals surface area contributed by atoms with Crippen LogP contribution in [0.4, 0.5) is 0 Å². The van der Waals surface area contributed by atoms with Gasteiger partial charge in [-0.3, -0.25) is 0 Å². The number of rotatable bonds is 9. The third kappa shape index (κ3) is 7.70. The molecule has 3 nitrogen and oxygen atoms in total. The highest BCUT2D eigenvalue weighted by molar-refractivity contribution is 6.31. The van der Waals surface area contributed by atoms with E-state index in [0.29, 0.717) is 19.8 Å². The van der Waals surface area contributed by atoms with Crippen molar-refractivity contribution in [3.8, 4) is 5.75 Å². The van der Waals surface area contributed by atoms with E-state index < -0.39 is 0 Å². The molecule has 21 heavy (non-hydrogen) atoms. The average Bonchev–Trinajstić information content (AvgIpc) is 2.40. The maximum atomic E-state index is 6.29. The Morgan fingerprint density at radius 3 is 2.57 bits per heavy atom. The van der Waals surface area contributed by atoms with Gasteiger partial charge in [0.15, 0.2) is 0 Å². The summed E-state index contributed by atoms with van der Waals surface area (Å²) in [6, 6.07) is 5.76. The van der Waals surface area contributed by atoms with Crippen molar-refractivity contribution in [1.29, 1.82) is 0 Å². The second-order valence-corrected chi connectivity index (χ2v) is 6.54. The molecule has 1 aromatic carbocycles. The fourth-order valence-electron chi connectivity index (χ4n) is 1.76. The maximum Gasteiger partial charge on any atom is 0.125 e. The Balaban J connectivity index is 2.51. The number of halogens is 1. The molecule has 0 saturated heterocycles. The van der Waals surface area contributed by atoms with E-state index in [1.807, 2.05) is 18.2 Å². The highest BCUT2D eigenvalue weighted by atomic mass is 35.5. The molecular weight excluding hydrogens is 286 g/mol. The van der Waals surface area contributed by atoms with Crippen LogP contribution in [0.5, 0.6) is 5.75 Å². The fraction of sp³-hybridized carbons (Fsp3) is 0.647. The second kappa shape index (κ2) is 9.29. The van der Waals surface area contributed by atoms with Gasteiger partial charge in [0.1, 0.15) is 12.4 Å². The first-order valence-corrected chi connectivity index (χ1v) is 8.05. The van der Waals surface area contributed by atoms with E-state index in [1.54, 1.807) is 0 Å². The minimum atomic E-state index is 0.0414. The Hall–Kier alpha value is -0.770. The van der Waals surface area contributed by atoms with E-state index in [4.69, 9.17) is 21.1 Å².